The summed E-state index contributed by atoms with van der Waals surface area (Å²) in [6, 6.07) is 14.3. The van der Waals surface area contributed by atoms with Gasteiger partial charge in [-0.25, -0.2) is 0 Å². The maximum atomic E-state index is 12.9. The van der Waals surface area contributed by atoms with Crippen LogP contribution in [-0.4, -0.2) is 54.4 Å². The third kappa shape index (κ3) is 3.77. The first-order valence-electron chi connectivity index (χ1n) is 9.78. The summed E-state index contributed by atoms with van der Waals surface area (Å²) in [6.45, 7) is 0.630. The molecule has 2 aromatic carbocycles. The van der Waals surface area contributed by atoms with E-state index in [-0.39, 0.29) is 31.2 Å². The third-order valence-electron chi connectivity index (χ3n) is 6.00. The number of carbonyl (C=O) groups is 1. The monoisotopic (exact) mass is 420 g/mol. The number of alkyl halides is 3. The minimum atomic E-state index is -4.56. The van der Waals surface area contributed by atoms with E-state index in [1.54, 1.807) is 19.2 Å². The highest BCUT2D eigenvalue weighted by molar-refractivity contribution is 5.95. The highest BCUT2D eigenvalue weighted by Crippen LogP contribution is 2.49. The van der Waals surface area contributed by atoms with E-state index in [1.807, 2.05) is 36.4 Å². The van der Waals surface area contributed by atoms with Gasteiger partial charge in [0.2, 0.25) is 5.91 Å². The normalized spacial score (nSPS) is 23.4. The SMILES string of the molecule is COc1ccc(CN2[C@@H]3CN(C(=O)CC(F)(F)F)c4ccccc4[C@@H]3[C@@H]2CO)cc1. The minimum absolute atomic E-state index is 0.0283. The molecule has 0 bridgehead atoms. The zero-order chi connectivity index (χ0) is 21.5. The number of aliphatic hydroxyl groups excluding tert-OH is 1. The van der Waals surface area contributed by atoms with Crippen LogP contribution in [-0.2, 0) is 11.3 Å². The Morgan fingerprint density at radius 2 is 1.87 bits per heavy atom. The van der Waals surface area contributed by atoms with Crippen LogP contribution in [0.4, 0.5) is 18.9 Å². The molecule has 1 fully saturated rings. The number of nitrogens with zero attached hydrogens (tertiary/aromatic N) is 2. The van der Waals surface area contributed by atoms with Crippen molar-refractivity contribution in [2.75, 3.05) is 25.2 Å². The van der Waals surface area contributed by atoms with Crippen molar-refractivity contribution in [3.8, 4) is 5.75 Å². The second-order valence-electron chi connectivity index (χ2n) is 7.72. The number of ether oxygens (including phenoxy) is 1. The number of rotatable bonds is 5. The summed E-state index contributed by atoms with van der Waals surface area (Å²) in [6.07, 6.45) is -6.04. The van der Waals surface area contributed by atoms with Gasteiger partial charge in [-0.1, -0.05) is 30.3 Å². The Hall–Kier alpha value is -2.58. The number of anilines is 1. The molecular weight excluding hydrogens is 397 g/mol. The summed E-state index contributed by atoms with van der Waals surface area (Å²) in [5.41, 5.74) is 2.32. The number of likely N-dealkylation sites (tertiary alicyclic amines) is 1. The molecule has 8 heteroatoms. The molecule has 0 saturated carbocycles. The molecular formula is C22H23F3N2O3. The Balaban J connectivity index is 1.61. The van der Waals surface area contributed by atoms with Crippen LogP contribution in [0.1, 0.15) is 23.5 Å². The third-order valence-corrected chi connectivity index (χ3v) is 6.00. The molecule has 0 unspecified atom stereocenters. The van der Waals surface area contributed by atoms with E-state index in [0.29, 0.717) is 12.2 Å². The van der Waals surface area contributed by atoms with E-state index >= 15 is 0 Å². The number of fused-ring (bicyclic) bond motifs is 3. The van der Waals surface area contributed by atoms with Gasteiger partial charge in [-0.15, -0.1) is 0 Å². The summed E-state index contributed by atoms with van der Waals surface area (Å²) < 4.78 is 43.8. The van der Waals surface area contributed by atoms with E-state index in [2.05, 4.69) is 4.90 Å². The molecule has 0 aliphatic carbocycles. The highest BCUT2D eigenvalue weighted by Gasteiger charge is 2.53. The highest BCUT2D eigenvalue weighted by atomic mass is 19.4. The van der Waals surface area contributed by atoms with Gasteiger partial charge in [0.05, 0.1) is 13.7 Å². The Labute approximate surface area is 172 Å². The van der Waals surface area contributed by atoms with E-state index < -0.39 is 18.5 Å². The lowest BCUT2D eigenvalue weighted by atomic mass is 9.71. The molecule has 0 radical (unpaired) electrons. The van der Waals surface area contributed by atoms with Gasteiger partial charge in [0, 0.05) is 36.8 Å². The van der Waals surface area contributed by atoms with Crippen molar-refractivity contribution < 1.29 is 27.8 Å². The van der Waals surface area contributed by atoms with Crippen LogP contribution in [0.25, 0.3) is 0 Å². The molecule has 5 nitrogen and oxygen atoms in total. The smallest absolute Gasteiger partial charge is 0.397 e. The predicted molar refractivity (Wildman–Crippen MR) is 105 cm³/mol. The molecule has 2 aromatic rings. The van der Waals surface area contributed by atoms with Gasteiger partial charge < -0.3 is 14.7 Å². The molecule has 0 aromatic heterocycles. The molecule has 2 heterocycles. The van der Waals surface area contributed by atoms with Crippen LogP contribution < -0.4 is 9.64 Å². The van der Waals surface area contributed by atoms with Crippen molar-refractivity contribution in [1.29, 1.82) is 0 Å². The molecule has 4 rings (SSSR count). The van der Waals surface area contributed by atoms with Crippen molar-refractivity contribution in [2.24, 2.45) is 0 Å². The number of methoxy groups -OCH3 is 1. The topological polar surface area (TPSA) is 53.0 Å². The maximum absolute atomic E-state index is 12.9. The zero-order valence-electron chi connectivity index (χ0n) is 16.5. The maximum Gasteiger partial charge on any atom is 0.397 e. The Kier molecular flexibility index (Phi) is 5.46. The lowest BCUT2D eigenvalue weighted by molar-refractivity contribution is -0.152. The molecule has 1 amide bonds. The number of benzene rings is 2. The number of aliphatic hydroxyl groups is 1. The number of amides is 1. The standard InChI is InChI=1S/C22H23F3N2O3/c1-30-15-8-6-14(7-9-15)11-26-18-12-27(20(29)10-22(23,24)25)17-5-3-2-4-16(17)21(18)19(26)13-28/h2-9,18-19,21,28H,10-13H2,1H3/t18-,19+,21+/m1/s1. The number of halogens is 3. The Bertz CT molecular complexity index is 917. The van der Waals surface area contributed by atoms with Gasteiger partial charge in [0.1, 0.15) is 12.2 Å². The average Bonchev–Trinajstić information content (AvgIpc) is 2.71. The summed E-state index contributed by atoms with van der Waals surface area (Å²) in [7, 11) is 1.59. The fraction of sp³-hybridized carbons (Fsp3) is 0.409. The molecule has 3 atom stereocenters. The van der Waals surface area contributed by atoms with Crippen molar-refractivity contribution in [3.05, 3.63) is 59.7 Å². The first-order chi connectivity index (χ1) is 14.3. The second-order valence-corrected chi connectivity index (χ2v) is 7.72. The fourth-order valence-electron chi connectivity index (χ4n) is 4.64. The quantitative estimate of drug-likeness (QED) is 0.807. The van der Waals surface area contributed by atoms with E-state index in [0.717, 1.165) is 16.9 Å². The van der Waals surface area contributed by atoms with Crippen LogP contribution in [0.2, 0.25) is 0 Å². The lowest BCUT2D eigenvalue weighted by Crippen LogP contribution is -2.68. The predicted octanol–water partition coefficient (Wildman–Crippen LogP) is 3.32. The Morgan fingerprint density at radius 1 is 1.17 bits per heavy atom. The largest absolute Gasteiger partial charge is 0.497 e. The van der Waals surface area contributed by atoms with E-state index in [1.165, 1.54) is 4.90 Å². The van der Waals surface area contributed by atoms with Crippen LogP contribution >= 0.6 is 0 Å². The van der Waals surface area contributed by atoms with Gasteiger partial charge >= 0.3 is 6.18 Å². The first kappa shape index (κ1) is 20.7. The zero-order valence-corrected chi connectivity index (χ0v) is 16.5. The molecule has 1 saturated heterocycles. The van der Waals surface area contributed by atoms with Gasteiger partial charge in [-0.2, -0.15) is 13.2 Å². The van der Waals surface area contributed by atoms with Crippen molar-refractivity contribution in [2.45, 2.75) is 37.1 Å². The van der Waals surface area contributed by atoms with Crippen LogP contribution in [0.15, 0.2) is 48.5 Å². The summed E-state index contributed by atoms with van der Waals surface area (Å²) in [5.74, 6) is -0.251. The van der Waals surface area contributed by atoms with Crippen molar-refractivity contribution in [3.63, 3.8) is 0 Å². The van der Waals surface area contributed by atoms with E-state index in [9.17, 15) is 23.1 Å². The number of hydrogen-bond acceptors (Lipinski definition) is 4. The number of para-hydroxylation sites is 1. The number of carbonyl (C=O) groups excluding carboxylic acids is 1. The lowest BCUT2D eigenvalue weighted by Gasteiger charge is -2.59. The second kappa shape index (κ2) is 7.92. The average molecular weight is 420 g/mol. The molecule has 0 spiro atoms. The van der Waals surface area contributed by atoms with Gasteiger partial charge in [0.25, 0.3) is 0 Å². The summed E-state index contributed by atoms with van der Waals surface area (Å²) in [5, 5.41) is 10.0. The van der Waals surface area contributed by atoms with Gasteiger partial charge in [-0.3, -0.25) is 9.69 Å². The van der Waals surface area contributed by atoms with Crippen molar-refractivity contribution in [1.82, 2.24) is 4.90 Å². The molecule has 1 N–H and O–H groups in total. The first-order valence-corrected chi connectivity index (χ1v) is 9.78. The Morgan fingerprint density at radius 3 is 2.50 bits per heavy atom. The summed E-state index contributed by atoms with van der Waals surface area (Å²) in [4.78, 5) is 15.8. The van der Waals surface area contributed by atoms with Crippen LogP contribution in [0.3, 0.4) is 0 Å². The molecule has 160 valence electrons. The van der Waals surface area contributed by atoms with Gasteiger partial charge in [-0.05, 0) is 29.3 Å². The fourth-order valence-corrected chi connectivity index (χ4v) is 4.64. The molecule has 2 aliphatic rings. The van der Waals surface area contributed by atoms with Crippen LogP contribution in [0.5, 0.6) is 5.75 Å². The molecule has 2 aliphatic heterocycles. The van der Waals surface area contributed by atoms with Gasteiger partial charge in [0.15, 0.2) is 0 Å². The van der Waals surface area contributed by atoms with Crippen molar-refractivity contribution >= 4 is 11.6 Å². The summed E-state index contributed by atoms with van der Waals surface area (Å²) >= 11 is 0. The van der Waals surface area contributed by atoms with E-state index in [4.69, 9.17) is 4.74 Å². The van der Waals surface area contributed by atoms with Crippen LogP contribution in [0, 0.1) is 0 Å². The number of hydrogen-bond donors (Lipinski definition) is 1. The minimum Gasteiger partial charge on any atom is -0.497 e. The molecule has 30 heavy (non-hydrogen) atoms.